The lowest BCUT2D eigenvalue weighted by molar-refractivity contribution is -0.132. The maximum absolute atomic E-state index is 12.6. The Morgan fingerprint density at radius 1 is 1.07 bits per heavy atom. The van der Waals surface area contributed by atoms with Crippen LogP contribution in [0.15, 0.2) is 32.0 Å². The molecule has 1 aromatic carbocycles. The van der Waals surface area contributed by atoms with Gasteiger partial charge in [0.1, 0.15) is 11.2 Å². The van der Waals surface area contributed by atoms with Crippen LogP contribution in [0.1, 0.15) is 43.9 Å². The zero-order valence-electron chi connectivity index (χ0n) is 17.9. The Morgan fingerprint density at radius 2 is 1.73 bits per heavy atom. The van der Waals surface area contributed by atoms with E-state index >= 15 is 0 Å². The summed E-state index contributed by atoms with van der Waals surface area (Å²) >= 11 is 0. The van der Waals surface area contributed by atoms with E-state index in [-0.39, 0.29) is 50.5 Å². The molecule has 2 heterocycles. The Morgan fingerprint density at radius 3 is 2.33 bits per heavy atom. The highest BCUT2D eigenvalue weighted by Gasteiger charge is 2.22. The van der Waals surface area contributed by atoms with Crippen LogP contribution in [0.5, 0.6) is 0 Å². The minimum atomic E-state index is -0.467. The molecular weight excluding hydrogens is 386 g/mol. The average Bonchev–Trinajstić information content (AvgIpc) is 3.09. The van der Waals surface area contributed by atoms with Gasteiger partial charge in [-0.15, -0.1) is 0 Å². The predicted molar refractivity (Wildman–Crippen MR) is 115 cm³/mol. The lowest BCUT2D eigenvalue weighted by Gasteiger charge is -2.20. The SMILES string of the molecule is Cc1c(CCC(=O)N(CCO)CCO)c(=O)oc2cc3occ(C(C)(C)C)c3cc12. The molecule has 30 heavy (non-hydrogen) atoms. The van der Waals surface area contributed by atoms with Crippen LogP contribution in [0.25, 0.3) is 21.9 Å². The summed E-state index contributed by atoms with van der Waals surface area (Å²) in [5, 5.41) is 20.0. The van der Waals surface area contributed by atoms with Crippen LogP contribution in [0.3, 0.4) is 0 Å². The molecule has 0 aliphatic rings. The van der Waals surface area contributed by atoms with Crippen molar-refractivity contribution in [2.24, 2.45) is 0 Å². The van der Waals surface area contributed by atoms with E-state index in [0.29, 0.717) is 16.7 Å². The van der Waals surface area contributed by atoms with Crippen molar-refractivity contribution in [3.05, 3.63) is 45.5 Å². The summed E-state index contributed by atoms with van der Waals surface area (Å²) in [6.07, 6.45) is 2.07. The number of benzene rings is 1. The molecule has 0 saturated heterocycles. The Kier molecular flexibility index (Phi) is 6.33. The largest absolute Gasteiger partial charge is 0.464 e. The molecule has 0 spiro atoms. The molecular formula is C23H29NO6. The van der Waals surface area contributed by atoms with Gasteiger partial charge in [-0.05, 0) is 30.4 Å². The molecule has 3 aromatic rings. The van der Waals surface area contributed by atoms with E-state index in [4.69, 9.17) is 19.0 Å². The van der Waals surface area contributed by atoms with Crippen molar-refractivity contribution in [3.63, 3.8) is 0 Å². The Bertz CT molecular complexity index is 1110. The van der Waals surface area contributed by atoms with Crippen LogP contribution in [0, 0.1) is 6.92 Å². The van der Waals surface area contributed by atoms with Gasteiger partial charge in [-0.25, -0.2) is 4.79 Å². The number of carbonyl (C=O) groups excluding carboxylic acids is 1. The number of aliphatic hydroxyl groups is 2. The van der Waals surface area contributed by atoms with Crippen molar-refractivity contribution in [3.8, 4) is 0 Å². The zero-order valence-corrected chi connectivity index (χ0v) is 17.9. The molecule has 0 radical (unpaired) electrons. The second-order valence-corrected chi connectivity index (χ2v) is 8.56. The number of rotatable bonds is 7. The third-order valence-corrected chi connectivity index (χ3v) is 5.47. The standard InChI is InChI=1S/C23H29NO6/c1-14-15(5-6-21(27)24(7-9-25)8-10-26)22(28)30-20-12-19-17(11-16(14)20)18(13-29-19)23(2,3)4/h11-13,25-26H,5-10H2,1-4H3. The van der Waals surface area contributed by atoms with Gasteiger partial charge in [-0.3, -0.25) is 4.79 Å². The normalized spacial score (nSPS) is 12.1. The molecule has 0 unspecified atom stereocenters. The molecule has 3 rings (SSSR count). The van der Waals surface area contributed by atoms with Gasteiger partial charge >= 0.3 is 5.63 Å². The Balaban J connectivity index is 1.98. The monoisotopic (exact) mass is 415 g/mol. The van der Waals surface area contributed by atoms with Crippen molar-refractivity contribution >= 4 is 27.8 Å². The number of aliphatic hydroxyl groups excluding tert-OH is 2. The fourth-order valence-electron chi connectivity index (χ4n) is 3.77. The maximum atomic E-state index is 12.6. The highest BCUT2D eigenvalue weighted by molar-refractivity contribution is 5.96. The molecule has 162 valence electrons. The number of furan rings is 1. The van der Waals surface area contributed by atoms with E-state index in [1.807, 2.05) is 13.0 Å². The van der Waals surface area contributed by atoms with Gasteiger partial charge in [0.25, 0.3) is 0 Å². The minimum absolute atomic E-state index is 0.0955. The quantitative estimate of drug-likeness (QED) is 0.575. The average molecular weight is 415 g/mol. The van der Waals surface area contributed by atoms with E-state index in [0.717, 1.165) is 21.9 Å². The van der Waals surface area contributed by atoms with Gasteiger partial charge < -0.3 is 23.9 Å². The molecule has 0 bridgehead atoms. The van der Waals surface area contributed by atoms with Crippen molar-refractivity contribution in [2.75, 3.05) is 26.3 Å². The summed E-state index contributed by atoms with van der Waals surface area (Å²) in [5.74, 6) is -0.225. The first kappa shape index (κ1) is 22.1. The lowest BCUT2D eigenvalue weighted by Crippen LogP contribution is -2.36. The molecule has 1 amide bonds. The third kappa shape index (κ3) is 4.27. The van der Waals surface area contributed by atoms with Crippen LogP contribution < -0.4 is 5.63 Å². The molecule has 0 saturated carbocycles. The number of carbonyl (C=O) groups is 1. The first-order chi connectivity index (χ1) is 14.2. The minimum Gasteiger partial charge on any atom is -0.464 e. The second-order valence-electron chi connectivity index (χ2n) is 8.56. The second kappa shape index (κ2) is 8.62. The first-order valence-electron chi connectivity index (χ1n) is 10.1. The van der Waals surface area contributed by atoms with E-state index in [9.17, 15) is 9.59 Å². The van der Waals surface area contributed by atoms with Crippen LogP contribution in [0.4, 0.5) is 0 Å². The van der Waals surface area contributed by atoms with Crippen LogP contribution in [-0.2, 0) is 16.6 Å². The van der Waals surface area contributed by atoms with Crippen LogP contribution >= 0.6 is 0 Å². The first-order valence-corrected chi connectivity index (χ1v) is 10.1. The maximum Gasteiger partial charge on any atom is 0.339 e. The van der Waals surface area contributed by atoms with Crippen molar-refractivity contribution in [2.45, 2.75) is 46.0 Å². The van der Waals surface area contributed by atoms with E-state index in [1.165, 1.54) is 4.90 Å². The zero-order chi connectivity index (χ0) is 22.1. The summed E-state index contributed by atoms with van der Waals surface area (Å²) < 4.78 is 11.2. The molecule has 0 aliphatic carbocycles. The molecule has 2 N–H and O–H groups in total. The third-order valence-electron chi connectivity index (χ3n) is 5.47. The van der Waals surface area contributed by atoms with Gasteiger partial charge in [0.15, 0.2) is 0 Å². The topological polar surface area (TPSA) is 104 Å². The smallest absolute Gasteiger partial charge is 0.339 e. The van der Waals surface area contributed by atoms with E-state index in [2.05, 4.69) is 20.8 Å². The highest BCUT2D eigenvalue weighted by atomic mass is 16.4. The van der Waals surface area contributed by atoms with Crippen molar-refractivity contribution in [1.29, 1.82) is 0 Å². The van der Waals surface area contributed by atoms with Gasteiger partial charge in [0.2, 0.25) is 5.91 Å². The summed E-state index contributed by atoms with van der Waals surface area (Å²) in [5.41, 5.74) is 2.88. The summed E-state index contributed by atoms with van der Waals surface area (Å²) in [6, 6.07) is 3.73. The fraction of sp³-hybridized carbons (Fsp3) is 0.478. The summed E-state index contributed by atoms with van der Waals surface area (Å²) in [6.45, 7) is 8.14. The van der Waals surface area contributed by atoms with Gasteiger partial charge in [0.05, 0.1) is 19.5 Å². The Labute approximate surface area is 174 Å². The number of amides is 1. The van der Waals surface area contributed by atoms with Gasteiger partial charge in [-0.1, -0.05) is 20.8 Å². The summed E-state index contributed by atoms with van der Waals surface area (Å²) in [4.78, 5) is 26.4. The molecule has 0 fully saturated rings. The molecule has 0 atom stereocenters. The predicted octanol–water partition coefficient (Wildman–Crippen LogP) is 2.89. The lowest BCUT2D eigenvalue weighted by atomic mass is 9.86. The summed E-state index contributed by atoms with van der Waals surface area (Å²) in [7, 11) is 0. The molecule has 7 heteroatoms. The fourth-order valence-corrected chi connectivity index (χ4v) is 3.77. The van der Waals surface area contributed by atoms with Crippen molar-refractivity contribution < 1.29 is 23.8 Å². The van der Waals surface area contributed by atoms with Crippen LogP contribution in [-0.4, -0.2) is 47.3 Å². The van der Waals surface area contributed by atoms with Crippen LogP contribution in [0.2, 0.25) is 0 Å². The van der Waals surface area contributed by atoms with E-state index < -0.39 is 5.63 Å². The van der Waals surface area contributed by atoms with Crippen molar-refractivity contribution in [1.82, 2.24) is 4.90 Å². The van der Waals surface area contributed by atoms with Gasteiger partial charge in [0, 0.05) is 47.5 Å². The number of hydrogen-bond acceptors (Lipinski definition) is 6. The number of nitrogens with zero attached hydrogens (tertiary/aromatic N) is 1. The molecule has 2 aromatic heterocycles. The highest BCUT2D eigenvalue weighted by Crippen LogP contribution is 2.35. The van der Waals surface area contributed by atoms with E-state index in [1.54, 1.807) is 12.3 Å². The number of hydrogen-bond donors (Lipinski definition) is 2. The number of fused-ring (bicyclic) bond motifs is 2. The Hall–Kier alpha value is -2.64. The van der Waals surface area contributed by atoms with Gasteiger partial charge in [-0.2, -0.15) is 0 Å². The molecule has 7 nitrogen and oxygen atoms in total. The number of aryl methyl sites for hydroxylation is 1. The molecule has 0 aliphatic heterocycles.